The highest BCUT2D eigenvalue weighted by Gasteiger charge is 2.35. The fraction of sp³-hybridized carbons (Fsp3) is 0.467. The first-order chi connectivity index (χ1) is 10.4. The average Bonchev–Trinajstić information content (AvgIpc) is 2.45. The number of carbonyl (C=O) groups excluding carboxylic acids is 1. The Kier molecular flexibility index (Phi) is 4.95. The summed E-state index contributed by atoms with van der Waals surface area (Å²) in [6, 6.07) is 6.55. The van der Waals surface area contributed by atoms with Crippen LogP contribution in [0.1, 0.15) is 18.4 Å². The van der Waals surface area contributed by atoms with Crippen LogP contribution in [0.25, 0.3) is 0 Å². The molecule has 120 valence electrons. The molecule has 0 saturated carbocycles. The topological polar surface area (TPSA) is 66.8 Å². The molecule has 7 heteroatoms. The molecule has 5 nitrogen and oxygen atoms in total. The van der Waals surface area contributed by atoms with E-state index in [1.807, 2.05) is 0 Å². The number of nitrogens with zero attached hydrogens (tertiary/aromatic N) is 1. The second kappa shape index (κ2) is 6.72. The lowest BCUT2D eigenvalue weighted by molar-refractivity contribution is -0.139. The van der Waals surface area contributed by atoms with Gasteiger partial charge in [-0.05, 0) is 17.7 Å². The number of carbonyl (C=O) groups is 2. The van der Waals surface area contributed by atoms with Crippen LogP contribution in [0.5, 0.6) is 5.75 Å². The number of hydrogen-bond acceptors (Lipinski definition) is 3. The Morgan fingerprint density at radius 2 is 1.95 bits per heavy atom. The molecule has 0 unspecified atom stereocenters. The van der Waals surface area contributed by atoms with E-state index >= 15 is 0 Å². The van der Waals surface area contributed by atoms with Gasteiger partial charge < -0.3 is 14.7 Å². The lowest BCUT2D eigenvalue weighted by Crippen LogP contribution is -2.43. The van der Waals surface area contributed by atoms with Crippen molar-refractivity contribution < 1.29 is 28.2 Å². The van der Waals surface area contributed by atoms with Gasteiger partial charge in [0.1, 0.15) is 5.75 Å². The molecule has 0 spiro atoms. The number of hydrogen-bond donors (Lipinski definition) is 1. The Hall–Kier alpha value is -2.18. The molecular weight excluding hydrogens is 296 g/mol. The molecule has 1 aromatic rings. The second-order valence-electron chi connectivity index (χ2n) is 5.24. The summed E-state index contributed by atoms with van der Waals surface area (Å²) in [7, 11) is 0. The van der Waals surface area contributed by atoms with Crippen molar-refractivity contribution in [3.8, 4) is 5.75 Å². The molecule has 1 saturated heterocycles. The van der Waals surface area contributed by atoms with Gasteiger partial charge in [-0.1, -0.05) is 12.1 Å². The molecule has 0 radical (unpaired) electrons. The zero-order valence-electron chi connectivity index (χ0n) is 11.9. The number of likely N-dealkylation sites (tertiary alicyclic amines) is 1. The number of halogens is 2. The summed E-state index contributed by atoms with van der Waals surface area (Å²) in [5.74, 6) is -3.62. The third-order valence-corrected chi connectivity index (χ3v) is 3.46. The van der Waals surface area contributed by atoms with E-state index in [1.54, 1.807) is 24.3 Å². The van der Waals surface area contributed by atoms with Crippen molar-refractivity contribution in [2.24, 2.45) is 0 Å². The third kappa shape index (κ3) is 4.68. The number of amides is 1. The zero-order valence-corrected chi connectivity index (χ0v) is 11.9. The average molecular weight is 313 g/mol. The summed E-state index contributed by atoms with van der Waals surface area (Å²) in [5.41, 5.74) is 0.658. The van der Waals surface area contributed by atoms with Crippen LogP contribution in [0.4, 0.5) is 8.78 Å². The molecule has 0 aromatic heterocycles. The minimum atomic E-state index is -2.68. The van der Waals surface area contributed by atoms with Crippen molar-refractivity contribution in [2.45, 2.75) is 25.2 Å². The highest BCUT2D eigenvalue weighted by molar-refractivity contribution is 5.79. The molecule has 2 rings (SSSR count). The molecule has 0 aliphatic carbocycles. The van der Waals surface area contributed by atoms with E-state index in [0.29, 0.717) is 11.3 Å². The molecule has 1 aromatic carbocycles. The van der Waals surface area contributed by atoms with E-state index in [4.69, 9.17) is 9.84 Å². The largest absolute Gasteiger partial charge is 0.482 e. The van der Waals surface area contributed by atoms with Gasteiger partial charge in [0, 0.05) is 25.9 Å². The Labute approximate surface area is 126 Å². The lowest BCUT2D eigenvalue weighted by atomic mass is 10.1. The van der Waals surface area contributed by atoms with Crippen molar-refractivity contribution in [3.63, 3.8) is 0 Å². The van der Waals surface area contributed by atoms with E-state index in [2.05, 4.69) is 0 Å². The van der Waals surface area contributed by atoms with Gasteiger partial charge in [-0.3, -0.25) is 4.79 Å². The maximum atomic E-state index is 13.1. The van der Waals surface area contributed by atoms with Gasteiger partial charge in [-0.2, -0.15) is 0 Å². The molecule has 1 aliphatic heterocycles. The summed E-state index contributed by atoms with van der Waals surface area (Å²) in [5, 5.41) is 8.55. The van der Waals surface area contributed by atoms with Gasteiger partial charge in [0.05, 0.1) is 6.42 Å². The van der Waals surface area contributed by atoms with Gasteiger partial charge in [0.2, 0.25) is 5.91 Å². The Bertz CT molecular complexity index is 552. The lowest BCUT2D eigenvalue weighted by Gasteiger charge is -2.31. The highest BCUT2D eigenvalue weighted by atomic mass is 19.3. The van der Waals surface area contributed by atoms with Crippen LogP contribution in [0.15, 0.2) is 24.3 Å². The van der Waals surface area contributed by atoms with Crippen LogP contribution in [0, 0.1) is 0 Å². The van der Waals surface area contributed by atoms with E-state index in [-0.39, 0.29) is 38.3 Å². The third-order valence-electron chi connectivity index (χ3n) is 3.46. The minimum absolute atomic E-state index is 0.0566. The second-order valence-corrected chi connectivity index (χ2v) is 5.24. The van der Waals surface area contributed by atoms with Crippen molar-refractivity contribution in [2.75, 3.05) is 19.7 Å². The molecule has 1 amide bonds. The molecule has 0 bridgehead atoms. The Balaban J connectivity index is 1.91. The first kappa shape index (κ1) is 16.2. The fourth-order valence-electron chi connectivity index (χ4n) is 2.26. The number of ether oxygens (including phenoxy) is 1. The molecule has 1 fully saturated rings. The number of benzene rings is 1. The number of piperidine rings is 1. The van der Waals surface area contributed by atoms with Crippen LogP contribution in [-0.4, -0.2) is 47.5 Å². The maximum Gasteiger partial charge on any atom is 0.341 e. The number of alkyl halides is 2. The smallest absolute Gasteiger partial charge is 0.341 e. The predicted molar refractivity (Wildman–Crippen MR) is 74.0 cm³/mol. The van der Waals surface area contributed by atoms with Crippen LogP contribution in [-0.2, 0) is 16.0 Å². The van der Waals surface area contributed by atoms with Gasteiger partial charge in [0.15, 0.2) is 6.61 Å². The highest BCUT2D eigenvalue weighted by Crippen LogP contribution is 2.28. The van der Waals surface area contributed by atoms with Gasteiger partial charge >= 0.3 is 5.97 Å². The summed E-state index contributed by atoms with van der Waals surface area (Å²) < 4.78 is 31.2. The number of carboxylic acid groups (broad SMARTS) is 1. The molecule has 1 aliphatic rings. The molecule has 1 N–H and O–H groups in total. The number of aliphatic carboxylic acids is 1. The van der Waals surface area contributed by atoms with Crippen LogP contribution < -0.4 is 4.74 Å². The van der Waals surface area contributed by atoms with E-state index in [9.17, 15) is 18.4 Å². The number of carboxylic acids is 1. The predicted octanol–water partition coefficient (Wildman–Crippen LogP) is 1.95. The first-order valence-corrected chi connectivity index (χ1v) is 6.95. The Morgan fingerprint density at radius 1 is 1.27 bits per heavy atom. The summed E-state index contributed by atoms with van der Waals surface area (Å²) in [6.07, 6.45) is -0.531. The molecule has 0 atom stereocenters. The van der Waals surface area contributed by atoms with E-state index in [1.165, 1.54) is 4.90 Å². The van der Waals surface area contributed by atoms with Crippen molar-refractivity contribution >= 4 is 11.9 Å². The minimum Gasteiger partial charge on any atom is -0.482 e. The monoisotopic (exact) mass is 313 g/mol. The van der Waals surface area contributed by atoms with Crippen LogP contribution in [0.2, 0.25) is 0 Å². The molecule has 22 heavy (non-hydrogen) atoms. The molecular formula is C15H17F2NO4. The summed E-state index contributed by atoms with van der Waals surface area (Å²) in [6.45, 7) is -0.347. The van der Waals surface area contributed by atoms with E-state index < -0.39 is 18.5 Å². The SMILES string of the molecule is O=C(O)COc1cccc(CC(=O)N2CCC(F)(F)CC2)c1. The summed E-state index contributed by atoms with van der Waals surface area (Å²) >= 11 is 0. The normalized spacial score (nSPS) is 17.1. The van der Waals surface area contributed by atoms with Crippen LogP contribution in [0.3, 0.4) is 0 Å². The van der Waals surface area contributed by atoms with Crippen LogP contribution >= 0.6 is 0 Å². The van der Waals surface area contributed by atoms with Gasteiger partial charge in [-0.15, -0.1) is 0 Å². The standard InChI is InChI=1S/C15H17F2NO4/c16-15(17)4-6-18(7-5-15)13(19)9-11-2-1-3-12(8-11)22-10-14(20)21/h1-3,8H,4-7,9-10H2,(H,20,21). The molecule has 1 heterocycles. The van der Waals surface area contributed by atoms with Crippen molar-refractivity contribution in [3.05, 3.63) is 29.8 Å². The fourth-order valence-corrected chi connectivity index (χ4v) is 2.26. The van der Waals surface area contributed by atoms with Crippen molar-refractivity contribution in [1.82, 2.24) is 4.90 Å². The van der Waals surface area contributed by atoms with Crippen molar-refractivity contribution in [1.29, 1.82) is 0 Å². The zero-order chi connectivity index (χ0) is 16.2. The van der Waals surface area contributed by atoms with Gasteiger partial charge in [0.25, 0.3) is 5.92 Å². The van der Waals surface area contributed by atoms with E-state index in [0.717, 1.165) is 0 Å². The summed E-state index contributed by atoms with van der Waals surface area (Å²) in [4.78, 5) is 24.0. The maximum absolute atomic E-state index is 13.1. The quantitative estimate of drug-likeness (QED) is 0.902. The van der Waals surface area contributed by atoms with Gasteiger partial charge in [-0.25, -0.2) is 13.6 Å². The first-order valence-electron chi connectivity index (χ1n) is 6.95. The number of rotatable bonds is 5. The Morgan fingerprint density at radius 3 is 2.59 bits per heavy atom.